The maximum Gasteiger partial charge on any atom is 0.335 e. The van der Waals surface area contributed by atoms with Gasteiger partial charge < -0.3 is 15.7 Å². The van der Waals surface area contributed by atoms with Crippen molar-refractivity contribution in [2.45, 2.75) is 0 Å². The number of hydrogen-bond acceptors (Lipinski definition) is 3. The number of hydrogen-bond donors (Lipinski definition) is 3. The first kappa shape index (κ1) is 16.4. The van der Waals surface area contributed by atoms with Crippen LogP contribution in [0.5, 0.6) is 0 Å². The van der Waals surface area contributed by atoms with E-state index in [-0.39, 0.29) is 5.56 Å². The fourth-order valence-electron chi connectivity index (χ4n) is 1.29. The number of thioether (sulfide) groups is 1. The number of nitrogens with one attached hydrogen (secondary N) is 2. The molecule has 2 amide bonds. The van der Waals surface area contributed by atoms with E-state index in [0.717, 1.165) is 0 Å². The topological polar surface area (TPSA) is 78.4 Å². The van der Waals surface area contributed by atoms with E-state index in [1.165, 1.54) is 12.1 Å². The van der Waals surface area contributed by atoms with Crippen LogP contribution in [0.2, 0.25) is 0 Å². The lowest BCUT2D eigenvalue weighted by atomic mass is 10.2. The Bertz CT molecular complexity index is 543. The molecule has 0 fully saturated rings. The van der Waals surface area contributed by atoms with E-state index < -0.39 is 12.0 Å². The Morgan fingerprint density at radius 3 is 2.85 bits per heavy atom. The van der Waals surface area contributed by atoms with Crippen molar-refractivity contribution >= 4 is 45.4 Å². The minimum Gasteiger partial charge on any atom is -0.478 e. The van der Waals surface area contributed by atoms with Crippen molar-refractivity contribution in [3.63, 3.8) is 0 Å². The number of aromatic carboxylic acids is 1. The van der Waals surface area contributed by atoms with Crippen LogP contribution in [-0.2, 0) is 0 Å². The number of urea groups is 1. The number of anilines is 1. The normalized spacial score (nSPS) is 9.60. The summed E-state index contributed by atoms with van der Waals surface area (Å²) >= 11 is 4.79. The minimum atomic E-state index is -1.05. The number of terminal acetylenes is 1. The van der Waals surface area contributed by atoms with Crippen molar-refractivity contribution in [2.24, 2.45) is 0 Å². The molecule has 0 aliphatic heterocycles. The lowest BCUT2D eigenvalue weighted by Crippen LogP contribution is -2.30. The van der Waals surface area contributed by atoms with Gasteiger partial charge in [0.05, 0.1) is 17.0 Å². The summed E-state index contributed by atoms with van der Waals surface area (Å²) in [6.07, 6.45) is 5.10. The molecule has 5 nitrogen and oxygen atoms in total. The van der Waals surface area contributed by atoms with Gasteiger partial charge in [-0.2, -0.15) is 0 Å². The monoisotopic (exact) mass is 356 g/mol. The molecule has 0 saturated heterocycles. The highest BCUT2D eigenvalue weighted by atomic mass is 79.9. The first-order valence-corrected chi connectivity index (χ1v) is 7.58. The molecule has 1 aromatic rings. The number of carbonyl (C=O) groups excluding carboxylic acids is 1. The van der Waals surface area contributed by atoms with Gasteiger partial charge in [0.2, 0.25) is 0 Å². The third kappa shape index (κ3) is 5.55. The number of carbonyl (C=O) groups is 2. The van der Waals surface area contributed by atoms with Gasteiger partial charge >= 0.3 is 12.0 Å². The van der Waals surface area contributed by atoms with Crippen molar-refractivity contribution in [1.29, 1.82) is 0 Å². The Labute approximate surface area is 129 Å². The average Bonchev–Trinajstić information content (AvgIpc) is 2.40. The zero-order chi connectivity index (χ0) is 15.0. The summed E-state index contributed by atoms with van der Waals surface area (Å²) in [5.41, 5.74) is 0.506. The molecule has 0 aliphatic rings. The first-order valence-electron chi connectivity index (χ1n) is 5.63. The summed E-state index contributed by atoms with van der Waals surface area (Å²) in [6.45, 7) is 0.481. The van der Waals surface area contributed by atoms with Crippen molar-refractivity contribution in [3.05, 3.63) is 28.2 Å². The molecule has 0 saturated carbocycles. The third-order valence-electron chi connectivity index (χ3n) is 2.18. The Kier molecular flexibility index (Phi) is 6.98. The summed E-state index contributed by atoms with van der Waals surface area (Å²) in [5, 5.41) is 14.1. The number of rotatable bonds is 6. The summed E-state index contributed by atoms with van der Waals surface area (Å²) in [4.78, 5) is 22.5. The molecule has 0 radical (unpaired) electrons. The van der Waals surface area contributed by atoms with Crippen LogP contribution in [0.1, 0.15) is 10.4 Å². The molecular weight excluding hydrogens is 344 g/mol. The smallest absolute Gasteiger partial charge is 0.335 e. The first-order chi connectivity index (χ1) is 9.54. The predicted octanol–water partition coefficient (Wildman–Crippen LogP) is 2.64. The number of amides is 2. The second-order valence-electron chi connectivity index (χ2n) is 3.64. The highest BCUT2D eigenvalue weighted by Crippen LogP contribution is 2.23. The minimum absolute atomic E-state index is 0.105. The van der Waals surface area contributed by atoms with E-state index in [1.54, 1.807) is 17.8 Å². The van der Waals surface area contributed by atoms with Gasteiger partial charge in [-0.3, -0.25) is 0 Å². The molecule has 1 rings (SSSR count). The number of benzene rings is 1. The average molecular weight is 357 g/mol. The van der Waals surface area contributed by atoms with E-state index in [4.69, 9.17) is 11.5 Å². The molecule has 0 spiro atoms. The highest BCUT2D eigenvalue weighted by molar-refractivity contribution is 9.10. The predicted molar refractivity (Wildman–Crippen MR) is 84.3 cm³/mol. The van der Waals surface area contributed by atoms with Crippen LogP contribution >= 0.6 is 27.7 Å². The van der Waals surface area contributed by atoms with Gasteiger partial charge in [-0.05, 0) is 34.1 Å². The quantitative estimate of drug-likeness (QED) is 0.540. The van der Waals surface area contributed by atoms with Gasteiger partial charge in [-0.25, -0.2) is 9.59 Å². The molecule has 0 aliphatic carbocycles. The summed E-state index contributed by atoms with van der Waals surface area (Å²) in [5.74, 6) is 2.77. The fraction of sp³-hybridized carbons (Fsp3) is 0.231. The molecule has 0 atom stereocenters. The standard InChI is InChI=1S/C13H13BrN2O3S/c1-2-6-20-7-5-15-13(19)16-11-8-9(12(17)18)3-4-10(11)14/h1,3-4,8H,5-7H2,(H,17,18)(H2,15,16,19). The van der Waals surface area contributed by atoms with Gasteiger partial charge in [0.1, 0.15) is 0 Å². The lowest BCUT2D eigenvalue weighted by molar-refractivity contribution is 0.0697. The van der Waals surface area contributed by atoms with Crippen LogP contribution in [-0.4, -0.2) is 35.2 Å². The van der Waals surface area contributed by atoms with E-state index >= 15 is 0 Å². The SMILES string of the molecule is C#CCSCCNC(=O)Nc1cc(C(=O)O)ccc1Br. The Hall–Kier alpha value is -1.65. The molecule has 0 bridgehead atoms. The third-order valence-corrected chi connectivity index (χ3v) is 3.73. The van der Waals surface area contributed by atoms with Crippen LogP contribution in [0.3, 0.4) is 0 Å². The van der Waals surface area contributed by atoms with E-state index in [9.17, 15) is 9.59 Å². The molecule has 106 valence electrons. The Morgan fingerprint density at radius 2 is 2.20 bits per heavy atom. The molecule has 3 N–H and O–H groups in total. The van der Waals surface area contributed by atoms with E-state index in [2.05, 4.69) is 32.5 Å². The van der Waals surface area contributed by atoms with Crippen LogP contribution in [0, 0.1) is 12.3 Å². The molecule has 1 aromatic carbocycles. The molecule has 0 unspecified atom stereocenters. The zero-order valence-electron chi connectivity index (χ0n) is 10.5. The molecule has 0 aromatic heterocycles. The van der Waals surface area contributed by atoms with Crippen molar-refractivity contribution in [3.8, 4) is 12.3 Å². The van der Waals surface area contributed by atoms with Crippen LogP contribution in [0.15, 0.2) is 22.7 Å². The van der Waals surface area contributed by atoms with Crippen molar-refractivity contribution in [2.75, 3.05) is 23.4 Å². The number of carboxylic acid groups (broad SMARTS) is 1. The van der Waals surface area contributed by atoms with Gasteiger partial charge in [-0.1, -0.05) is 5.92 Å². The van der Waals surface area contributed by atoms with Gasteiger partial charge in [0.25, 0.3) is 0 Å². The number of carboxylic acids is 1. The summed E-state index contributed by atoms with van der Waals surface area (Å²) < 4.78 is 0.611. The second-order valence-corrected chi connectivity index (χ2v) is 5.60. The summed E-state index contributed by atoms with van der Waals surface area (Å²) in [7, 11) is 0. The molecular formula is C13H13BrN2O3S. The summed E-state index contributed by atoms with van der Waals surface area (Å²) in [6, 6.07) is 4.02. The molecule has 20 heavy (non-hydrogen) atoms. The van der Waals surface area contributed by atoms with Gasteiger partial charge in [0.15, 0.2) is 0 Å². The number of halogens is 1. The van der Waals surface area contributed by atoms with Crippen molar-refractivity contribution in [1.82, 2.24) is 5.32 Å². The molecule has 0 heterocycles. The van der Waals surface area contributed by atoms with E-state index in [0.29, 0.717) is 28.2 Å². The van der Waals surface area contributed by atoms with Gasteiger partial charge in [0, 0.05) is 16.8 Å². The van der Waals surface area contributed by atoms with Crippen LogP contribution in [0.4, 0.5) is 10.5 Å². The molecule has 7 heteroatoms. The largest absolute Gasteiger partial charge is 0.478 e. The van der Waals surface area contributed by atoms with Crippen LogP contribution in [0.25, 0.3) is 0 Å². The van der Waals surface area contributed by atoms with Crippen molar-refractivity contribution < 1.29 is 14.7 Å². The second kappa shape index (κ2) is 8.51. The Balaban J connectivity index is 2.51. The maximum atomic E-state index is 11.6. The fourth-order valence-corrected chi connectivity index (χ4v) is 2.14. The lowest BCUT2D eigenvalue weighted by Gasteiger charge is -2.09. The van der Waals surface area contributed by atoms with Crippen LogP contribution < -0.4 is 10.6 Å². The Morgan fingerprint density at radius 1 is 1.45 bits per heavy atom. The maximum absolute atomic E-state index is 11.6. The zero-order valence-corrected chi connectivity index (χ0v) is 12.9. The highest BCUT2D eigenvalue weighted by Gasteiger charge is 2.09. The van der Waals surface area contributed by atoms with Gasteiger partial charge in [-0.15, -0.1) is 18.2 Å². The van der Waals surface area contributed by atoms with E-state index in [1.807, 2.05) is 0 Å².